The van der Waals surface area contributed by atoms with Crippen LogP contribution in [0.3, 0.4) is 0 Å². The lowest BCUT2D eigenvalue weighted by molar-refractivity contribution is -0.119. The lowest BCUT2D eigenvalue weighted by Crippen LogP contribution is -2.31. The van der Waals surface area contributed by atoms with E-state index in [1.165, 1.54) is 12.1 Å². The maximum absolute atomic E-state index is 13.6. The number of rotatable bonds is 15. The fraction of sp³-hybridized carbons (Fsp3) is 0.278. The monoisotopic (exact) mass is 567 g/mol. The molecule has 3 N–H and O–H groups in total. The second-order valence-electron chi connectivity index (χ2n) is 10.4. The second-order valence-corrected chi connectivity index (χ2v) is 10.4. The predicted octanol–water partition coefficient (Wildman–Crippen LogP) is 7.16. The molecule has 5 nitrogen and oxygen atoms in total. The van der Waals surface area contributed by atoms with Gasteiger partial charge in [-0.25, -0.2) is 4.39 Å². The number of allylic oxidation sites excluding steroid dienone is 2. The van der Waals surface area contributed by atoms with Gasteiger partial charge in [0.25, 0.3) is 5.91 Å². The molecule has 1 amide bonds. The third-order valence-corrected chi connectivity index (χ3v) is 7.26. The normalized spacial score (nSPS) is 12.5. The first-order valence-corrected chi connectivity index (χ1v) is 14.4. The number of ketones is 1. The van der Waals surface area contributed by atoms with Gasteiger partial charge in [-0.3, -0.25) is 9.59 Å². The van der Waals surface area contributed by atoms with Crippen molar-refractivity contribution in [1.29, 1.82) is 0 Å². The summed E-state index contributed by atoms with van der Waals surface area (Å²) in [6, 6.07) is 18.9. The van der Waals surface area contributed by atoms with Crippen molar-refractivity contribution in [3.63, 3.8) is 0 Å². The number of carbonyl (C=O) groups excluding carboxylic acids is 2. The largest absolute Gasteiger partial charge is 0.383 e. The summed E-state index contributed by atoms with van der Waals surface area (Å²) < 4.78 is 13.6. The first-order chi connectivity index (χ1) is 20.1. The SMILES string of the molecule is C=C(NCCC(=O)CCc1cc(C)cc(F)c1)C(=C)NCC(=C/C)/C(=C\C)C(=O)NC(C)c1cccc2ccccc12. The van der Waals surface area contributed by atoms with Crippen molar-refractivity contribution in [2.75, 3.05) is 13.1 Å². The molecule has 3 aromatic carbocycles. The molecule has 42 heavy (non-hydrogen) atoms. The zero-order chi connectivity index (χ0) is 30.6. The number of aryl methyl sites for hydroxylation is 2. The molecule has 0 saturated carbocycles. The smallest absolute Gasteiger partial charge is 0.251 e. The summed E-state index contributed by atoms with van der Waals surface area (Å²) in [6.45, 7) is 16.5. The minimum Gasteiger partial charge on any atom is -0.383 e. The Hall–Kier alpha value is -4.45. The van der Waals surface area contributed by atoms with Gasteiger partial charge >= 0.3 is 0 Å². The summed E-state index contributed by atoms with van der Waals surface area (Å²) in [5, 5.41) is 11.8. The van der Waals surface area contributed by atoms with Crippen molar-refractivity contribution < 1.29 is 14.0 Å². The minimum absolute atomic E-state index is 0.0912. The maximum atomic E-state index is 13.6. The topological polar surface area (TPSA) is 70.2 Å². The Morgan fingerprint density at radius 2 is 1.64 bits per heavy atom. The Morgan fingerprint density at radius 1 is 0.929 bits per heavy atom. The third kappa shape index (κ3) is 9.03. The lowest BCUT2D eigenvalue weighted by atomic mass is 9.98. The summed E-state index contributed by atoms with van der Waals surface area (Å²) in [4.78, 5) is 25.6. The summed E-state index contributed by atoms with van der Waals surface area (Å²) in [6.07, 6.45) is 4.93. The van der Waals surface area contributed by atoms with Crippen LogP contribution in [0.15, 0.2) is 109 Å². The molecule has 0 aliphatic rings. The van der Waals surface area contributed by atoms with Crippen LogP contribution in [0.4, 0.5) is 4.39 Å². The lowest BCUT2D eigenvalue weighted by Gasteiger charge is -2.20. The van der Waals surface area contributed by atoms with E-state index in [4.69, 9.17) is 0 Å². The fourth-order valence-corrected chi connectivity index (χ4v) is 4.93. The predicted molar refractivity (Wildman–Crippen MR) is 171 cm³/mol. The Kier molecular flexibility index (Phi) is 11.9. The molecular weight excluding hydrogens is 525 g/mol. The second kappa shape index (κ2) is 15.5. The number of hydrogen-bond acceptors (Lipinski definition) is 4. The Bertz CT molecular complexity index is 1490. The molecule has 6 heteroatoms. The van der Waals surface area contributed by atoms with Crippen molar-refractivity contribution in [2.24, 2.45) is 0 Å². The zero-order valence-electron chi connectivity index (χ0n) is 25.1. The quantitative estimate of drug-likeness (QED) is 0.135. The number of Topliss-reactive ketones (excluding diaryl/α,β-unsaturated/α-hetero) is 1. The Labute approximate surface area is 249 Å². The highest BCUT2D eigenvalue weighted by Crippen LogP contribution is 2.25. The highest BCUT2D eigenvalue weighted by Gasteiger charge is 2.18. The number of carbonyl (C=O) groups is 2. The first kappa shape index (κ1) is 32.1. The van der Waals surface area contributed by atoms with Crippen LogP contribution >= 0.6 is 0 Å². The van der Waals surface area contributed by atoms with E-state index in [2.05, 4.69) is 47.3 Å². The van der Waals surface area contributed by atoms with Gasteiger partial charge < -0.3 is 16.0 Å². The van der Waals surface area contributed by atoms with E-state index in [0.717, 1.165) is 33.0 Å². The molecule has 0 bridgehead atoms. The van der Waals surface area contributed by atoms with E-state index in [-0.39, 0.29) is 23.5 Å². The van der Waals surface area contributed by atoms with E-state index in [9.17, 15) is 14.0 Å². The molecule has 0 saturated heterocycles. The van der Waals surface area contributed by atoms with Crippen molar-refractivity contribution in [1.82, 2.24) is 16.0 Å². The van der Waals surface area contributed by atoms with Crippen LogP contribution in [0.25, 0.3) is 10.8 Å². The van der Waals surface area contributed by atoms with E-state index in [1.54, 1.807) is 0 Å². The maximum Gasteiger partial charge on any atom is 0.251 e. The molecule has 0 fully saturated rings. The molecule has 0 heterocycles. The Balaban J connectivity index is 1.46. The van der Waals surface area contributed by atoms with Crippen LogP contribution < -0.4 is 16.0 Å². The molecular formula is C36H42FN3O2. The van der Waals surface area contributed by atoms with Gasteiger partial charge in [-0.1, -0.05) is 73.8 Å². The van der Waals surface area contributed by atoms with Crippen LogP contribution in [0.5, 0.6) is 0 Å². The van der Waals surface area contributed by atoms with Crippen molar-refractivity contribution >= 4 is 22.5 Å². The highest BCUT2D eigenvalue weighted by atomic mass is 19.1. The van der Waals surface area contributed by atoms with E-state index < -0.39 is 0 Å². The molecule has 3 rings (SSSR count). The molecule has 0 spiro atoms. The Morgan fingerprint density at radius 3 is 2.36 bits per heavy atom. The van der Waals surface area contributed by atoms with Crippen LogP contribution in [-0.4, -0.2) is 24.8 Å². The minimum atomic E-state index is -0.278. The number of benzene rings is 3. The van der Waals surface area contributed by atoms with Gasteiger partial charge in [-0.15, -0.1) is 0 Å². The number of fused-ring (bicyclic) bond motifs is 1. The summed E-state index contributed by atoms with van der Waals surface area (Å²) >= 11 is 0. The average Bonchev–Trinajstić information content (AvgIpc) is 2.97. The summed E-state index contributed by atoms with van der Waals surface area (Å²) in [5.74, 6) is -0.337. The van der Waals surface area contributed by atoms with E-state index in [1.807, 2.05) is 70.2 Å². The van der Waals surface area contributed by atoms with Crippen molar-refractivity contribution in [3.05, 3.63) is 131 Å². The van der Waals surface area contributed by atoms with Gasteiger partial charge in [0.1, 0.15) is 11.6 Å². The van der Waals surface area contributed by atoms with Gasteiger partial charge in [-0.2, -0.15) is 0 Å². The molecule has 0 aliphatic carbocycles. The van der Waals surface area contributed by atoms with Gasteiger partial charge in [-0.05, 0) is 79.3 Å². The molecule has 220 valence electrons. The number of hydrogen-bond donors (Lipinski definition) is 3. The van der Waals surface area contributed by atoms with Crippen LogP contribution in [0.2, 0.25) is 0 Å². The van der Waals surface area contributed by atoms with E-state index in [0.29, 0.717) is 49.3 Å². The molecule has 0 aliphatic heterocycles. The number of halogens is 1. The van der Waals surface area contributed by atoms with Crippen LogP contribution in [-0.2, 0) is 16.0 Å². The first-order valence-electron chi connectivity index (χ1n) is 14.4. The number of amides is 1. The standard InChI is InChI=1S/C36H42FN3O2/c1-7-29(33(8-2)36(42)40-27(6)34-15-11-13-30-12-9-10-14-35(30)34)23-39-26(5)25(4)38-19-18-32(41)17-16-28-20-24(3)21-31(37)22-28/h7-15,20-22,27,38-39H,4-5,16-19,23H2,1-3,6H3,(H,40,42)/b29-7-,33-8+. The summed E-state index contributed by atoms with van der Waals surface area (Å²) in [5.41, 5.74) is 5.31. The third-order valence-electron chi connectivity index (χ3n) is 7.26. The highest BCUT2D eigenvalue weighted by molar-refractivity contribution is 5.98. The molecule has 0 radical (unpaired) electrons. The summed E-state index contributed by atoms with van der Waals surface area (Å²) in [7, 11) is 0. The van der Waals surface area contributed by atoms with Crippen LogP contribution in [0.1, 0.15) is 56.3 Å². The van der Waals surface area contributed by atoms with Gasteiger partial charge in [0.2, 0.25) is 0 Å². The molecule has 0 aromatic heterocycles. The number of nitrogens with one attached hydrogen (secondary N) is 3. The average molecular weight is 568 g/mol. The van der Waals surface area contributed by atoms with Gasteiger partial charge in [0.05, 0.1) is 6.04 Å². The fourth-order valence-electron chi connectivity index (χ4n) is 4.93. The molecule has 1 unspecified atom stereocenters. The van der Waals surface area contributed by atoms with Gasteiger partial charge in [0, 0.05) is 42.9 Å². The van der Waals surface area contributed by atoms with Gasteiger partial charge in [0.15, 0.2) is 0 Å². The molecule has 3 aromatic rings. The zero-order valence-corrected chi connectivity index (χ0v) is 25.1. The van der Waals surface area contributed by atoms with Crippen molar-refractivity contribution in [2.45, 2.75) is 53.0 Å². The van der Waals surface area contributed by atoms with Crippen LogP contribution in [0, 0.1) is 12.7 Å². The van der Waals surface area contributed by atoms with E-state index >= 15 is 0 Å². The van der Waals surface area contributed by atoms with Crippen molar-refractivity contribution in [3.8, 4) is 0 Å². The molecule has 1 atom stereocenters.